The Labute approximate surface area is 159 Å². The Hall–Kier alpha value is -3.41. The van der Waals surface area contributed by atoms with E-state index < -0.39 is 0 Å². The minimum absolute atomic E-state index is 0.270. The minimum atomic E-state index is -0.276. The van der Waals surface area contributed by atoms with Gasteiger partial charge in [0.05, 0.1) is 0 Å². The molecule has 0 radical (unpaired) electrons. The van der Waals surface area contributed by atoms with E-state index in [1.165, 1.54) is 0 Å². The number of para-hydroxylation sites is 1. The number of carbonyl (C=O) groups is 1. The van der Waals surface area contributed by atoms with Crippen molar-refractivity contribution >= 4 is 28.8 Å². The molecule has 2 aromatic carbocycles. The molecule has 0 saturated heterocycles. The monoisotopic (exact) mass is 361 g/mol. The van der Waals surface area contributed by atoms with Gasteiger partial charge in [0.25, 0.3) is 5.91 Å². The van der Waals surface area contributed by atoms with E-state index in [4.69, 9.17) is 0 Å². The summed E-state index contributed by atoms with van der Waals surface area (Å²) in [6.45, 7) is 3.92. The van der Waals surface area contributed by atoms with Crippen molar-refractivity contribution in [1.82, 2.24) is 10.2 Å². The maximum atomic E-state index is 12.5. The zero-order valence-corrected chi connectivity index (χ0v) is 15.9. The lowest BCUT2D eigenvalue weighted by atomic mass is 10.1. The zero-order valence-electron chi connectivity index (χ0n) is 15.9. The van der Waals surface area contributed by atoms with E-state index in [2.05, 4.69) is 20.8 Å². The highest BCUT2D eigenvalue weighted by Gasteiger charge is 2.11. The number of hydrogen-bond acceptors (Lipinski definition) is 5. The molecule has 138 valence electrons. The van der Waals surface area contributed by atoms with E-state index in [0.29, 0.717) is 5.82 Å². The average Bonchev–Trinajstić information content (AvgIpc) is 2.66. The molecule has 0 aliphatic carbocycles. The van der Waals surface area contributed by atoms with Crippen LogP contribution < -0.4 is 15.5 Å². The lowest BCUT2D eigenvalue weighted by molar-refractivity contribution is 0.102. The Morgan fingerprint density at radius 3 is 2.11 bits per heavy atom. The summed E-state index contributed by atoms with van der Waals surface area (Å²) >= 11 is 0. The van der Waals surface area contributed by atoms with Gasteiger partial charge in [0, 0.05) is 31.2 Å². The second-order valence-corrected chi connectivity index (χ2v) is 6.59. The van der Waals surface area contributed by atoms with Gasteiger partial charge in [-0.3, -0.25) is 4.79 Å². The van der Waals surface area contributed by atoms with Crippen molar-refractivity contribution in [3.8, 4) is 0 Å². The van der Waals surface area contributed by atoms with Crippen LogP contribution in [0.15, 0.2) is 54.6 Å². The molecule has 1 aromatic heterocycles. The standard InChI is InChI=1S/C21H23N5O/c1-14-6-5-7-15(2)20(14)23-21(27)18-12-13-19(25-24-18)22-16-8-10-17(11-9-16)26(3)4/h5-13H,1-4H3,(H,22,25)(H,23,27). The average molecular weight is 361 g/mol. The molecular formula is C21H23N5O. The second-order valence-electron chi connectivity index (χ2n) is 6.59. The lowest BCUT2D eigenvalue weighted by Gasteiger charge is -2.13. The molecule has 1 amide bonds. The first-order valence-corrected chi connectivity index (χ1v) is 8.70. The number of hydrogen-bond donors (Lipinski definition) is 2. The Balaban J connectivity index is 1.68. The van der Waals surface area contributed by atoms with Gasteiger partial charge in [-0.05, 0) is 61.4 Å². The summed E-state index contributed by atoms with van der Waals surface area (Å²) in [5, 5.41) is 14.2. The first-order chi connectivity index (χ1) is 12.9. The SMILES string of the molecule is Cc1cccc(C)c1NC(=O)c1ccc(Nc2ccc(N(C)C)cc2)nn1. The summed E-state index contributed by atoms with van der Waals surface area (Å²) in [5.74, 6) is 0.304. The quantitative estimate of drug-likeness (QED) is 0.714. The van der Waals surface area contributed by atoms with Crippen LogP contribution in [-0.4, -0.2) is 30.2 Å². The van der Waals surface area contributed by atoms with Gasteiger partial charge in [-0.25, -0.2) is 0 Å². The summed E-state index contributed by atoms with van der Waals surface area (Å²) < 4.78 is 0. The molecule has 0 aliphatic rings. The number of aryl methyl sites for hydroxylation is 2. The number of nitrogens with one attached hydrogen (secondary N) is 2. The van der Waals surface area contributed by atoms with Crippen LogP contribution in [0.5, 0.6) is 0 Å². The van der Waals surface area contributed by atoms with Crippen molar-refractivity contribution in [2.24, 2.45) is 0 Å². The molecular weight excluding hydrogens is 338 g/mol. The normalized spacial score (nSPS) is 10.4. The van der Waals surface area contributed by atoms with Gasteiger partial charge in [0.1, 0.15) is 0 Å². The number of anilines is 4. The van der Waals surface area contributed by atoms with Crippen molar-refractivity contribution < 1.29 is 4.79 Å². The van der Waals surface area contributed by atoms with E-state index in [1.807, 2.05) is 75.3 Å². The highest BCUT2D eigenvalue weighted by atomic mass is 16.1. The molecule has 2 N–H and O–H groups in total. The van der Waals surface area contributed by atoms with Crippen LogP contribution >= 0.6 is 0 Å². The first kappa shape index (κ1) is 18.4. The molecule has 27 heavy (non-hydrogen) atoms. The Bertz CT molecular complexity index is 914. The van der Waals surface area contributed by atoms with E-state index in [9.17, 15) is 4.79 Å². The number of nitrogens with zero attached hydrogens (tertiary/aromatic N) is 3. The van der Waals surface area contributed by atoms with Gasteiger partial charge in [0.15, 0.2) is 11.5 Å². The predicted octanol–water partition coefficient (Wildman–Crippen LogP) is 4.16. The number of rotatable bonds is 5. The molecule has 0 bridgehead atoms. The Morgan fingerprint density at radius 1 is 0.889 bits per heavy atom. The summed E-state index contributed by atoms with van der Waals surface area (Å²) in [6.07, 6.45) is 0. The number of amides is 1. The molecule has 0 unspecified atom stereocenters. The maximum absolute atomic E-state index is 12.5. The number of carbonyl (C=O) groups excluding carboxylic acids is 1. The smallest absolute Gasteiger partial charge is 0.276 e. The van der Waals surface area contributed by atoms with E-state index in [-0.39, 0.29) is 11.6 Å². The number of benzene rings is 2. The van der Waals surface area contributed by atoms with Gasteiger partial charge in [0.2, 0.25) is 0 Å². The molecule has 0 fully saturated rings. The molecule has 0 saturated carbocycles. The molecule has 6 heteroatoms. The van der Waals surface area contributed by atoms with Gasteiger partial charge < -0.3 is 15.5 Å². The van der Waals surface area contributed by atoms with Crippen LogP contribution in [0.2, 0.25) is 0 Å². The van der Waals surface area contributed by atoms with Crippen molar-refractivity contribution in [3.63, 3.8) is 0 Å². The van der Waals surface area contributed by atoms with Gasteiger partial charge in [-0.15, -0.1) is 10.2 Å². The van der Waals surface area contributed by atoms with Crippen LogP contribution in [-0.2, 0) is 0 Å². The van der Waals surface area contributed by atoms with Crippen LogP contribution in [0.1, 0.15) is 21.6 Å². The van der Waals surface area contributed by atoms with Crippen LogP contribution in [0.3, 0.4) is 0 Å². The third kappa shape index (κ3) is 4.41. The topological polar surface area (TPSA) is 70.2 Å². The molecule has 0 spiro atoms. The molecule has 6 nitrogen and oxygen atoms in total. The fraction of sp³-hybridized carbons (Fsp3) is 0.190. The second kappa shape index (κ2) is 7.86. The lowest BCUT2D eigenvalue weighted by Crippen LogP contribution is -2.16. The van der Waals surface area contributed by atoms with E-state index in [1.54, 1.807) is 12.1 Å². The highest BCUT2D eigenvalue weighted by molar-refractivity contribution is 6.03. The molecule has 0 atom stereocenters. The van der Waals surface area contributed by atoms with Crippen LogP contribution in [0.25, 0.3) is 0 Å². The summed E-state index contributed by atoms with van der Waals surface area (Å²) in [6, 6.07) is 17.3. The van der Waals surface area contributed by atoms with Crippen molar-refractivity contribution in [1.29, 1.82) is 0 Å². The van der Waals surface area contributed by atoms with Gasteiger partial charge in [-0.2, -0.15) is 0 Å². The highest BCUT2D eigenvalue weighted by Crippen LogP contribution is 2.21. The zero-order chi connectivity index (χ0) is 19.4. The molecule has 3 aromatic rings. The van der Waals surface area contributed by atoms with Gasteiger partial charge >= 0.3 is 0 Å². The fourth-order valence-electron chi connectivity index (χ4n) is 2.70. The van der Waals surface area contributed by atoms with Crippen molar-refractivity contribution in [2.75, 3.05) is 29.6 Å². The third-order valence-corrected chi connectivity index (χ3v) is 4.27. The van der Waals surface area contributed by atoms with Crippen LogP contribution in [0, 0.1) is 13.8 Å². The Kier molecular flexibility index (Phi) is 5.35. The van der Waals surface area contributed by atoms with E-state index in [0.717, 1.165) is 28.2 Å². The van der Waals surface area contributed by atoms with Crippen LogP contribution in [0.4, 0.5) is 22.9 Å². The predicted molar refractivity (Wildman–Crippen MR) is 110 cm³/mol. The summed E-state index contributed by atoms with van der Waals surface area (Å²) in [7, 11) is 3.99. The molecule has 3 rings (SSSR count). The van der Waals surface area contributed by atoms with Crippen molar-refractivity contribution in [3.05, 3.63) is 71.4 Å². The molecule has 0 aliphatic heterocycles. The van der Waals surface area contributed by atoms with E-state index >= 15 is 0 Å². The molecule has 1 heterocycles. The summed E-state index contributed by atoms with van der Waals surface area (Å²) in [4.78, 5) is 14.5. The third-order valence-electron chi connectivity index (χ3n) is 4.27. The van der Waals surface area contributed by atoms with Crippen molar-refractivity contribution in [2.45, 2.75) is 13.8 Å². The first-order valence-electron chi connectivity index (χ1n) is 8.70. The minimum Gasteiger partial charge on any atom is -0.378 e. The maximum Gasteiger partial charge on any atom is 0.276 e. The van der Waals surface area contributed by atoms with Gasteiger partial charge in [-0.1, -0.05) is 18.2 Å². The fourth-order valence-corrected chi connectivity index (χ4v) is 2.70. The largest absolute Gasteiger partial charge is 0.378 e. The number of aromatic nitrogens is 2. The summed E-state index contributed by atoms with van der Waals surface area (Å²) in [5.41, 5.74) is 5.12. The Morgan fingerprint density at radius 2 is 1.56 bits per heavy atom.